The van der Waals surface area contributed by atoms with Gasteiger partial charge in [0.25, 0.3) is 0 Å². The van der Waals surface area contributed by atoms with Gasteiger partial charge >= 0.3 is 0 Å². The Bertz CT molecular complexity index is 506. The molecule has 0 spiro atoms. The highest BCUT2D eigenvalue weighted by atomic mass is 79.9. The minimum Gasteiger partial charge on any atom is -0.207 e. The average molecular weight is 332 g/mol. The summed E-state index contributed by atoms with van der Waals surface area (Å²) in [6.07, 6.45) is 1.98. The molecule has 1 aliphatic carbocycles. The lowest BCUT2D eigenvalue weighted by atomic mass is 10.2. The van der Waals surface area contributed by atoms with Crippen LogP contribution in [-0.4, -0.2) is 25.3 Å². The molecule has 0 unspecified atom stereocenters. The fourth-order valence-corrected chi connectivity index (χ4v) is 4.02. The van der Waals surface area contributed by atoms with Crippen molar-refractivity contribution in [2.45, 2.75) is 37.6 Å². The summed E-state index contributed by atoms with van der Waals surface area (Å²) in [5, 5.41) is 0. The lowest BCUT2D eigenvalue weighted by Crippen LogP contribution is -2.36. The summed E-state index contributed by atoms with van der Waals surface area (Å²) in [6.45, 7) is 4.70. The SMILES string of the molecule is CC(C)CN(C1CC1)S(=O)(=O)c1ccc(Br)cc1. The van der Waals surface area contributed by atoms with Crippen LogP contribution in [0.1, 0.15) is 26.7 Å². The van der Waals surface area contributed by atoms with Crippen LogP contribution in [0.3, 0.4) is 0 Å². The van der Waals surface area contributed by atoms with Crippen molar-refractivity contribution in [3.63, 3.8) is 0 Å². The van der Waals surface area contributed by atoms with Crippen LogP contribution >= 0.6 is 15.9 Å². The Kier molecular flexibility index (Phi) is 4.14. The molecule has 0 radical (unpaired) electrons. The third-order valence-corrected chi connectivity index (χ3v) is 5.38. The molecule has 18 heavy (non-hydrogen) atoms. The van der Waals surface area contributed by atoms with Gasteiger partial charge in [0.05, 0.1) is 4.90 Å². The summed E-state index contributed by atoms with van der Waals surface area (Å²) in [5.74, 6) is 0.343. The molecule has 1 aromatic carbocycles. The largest absolute Gasteiger partial charge is 0.243 e. The van der Waals surface area contributed by atoms with E-state index < -0.39 is 10.0 Å². The quantitative estimate of drug-likeness (QED) is 0.830. The number of benzene rings is 1. The third kappa shape index (κ3) is 3.13. The van der Waals surface area contributed by atoms with Crippen molar-refractivity contribution in [1.29, 1.82) is 0 Å². The topological polar surface area (TPSA) is 37.4 Å². The van der Waals surface area contributed by atoms with Gasteiger partial charge in [0.15, 0.2) is 0 Å². The van der Waals surface area contributed by atoms with Crippen LogP contribution in [0.25, 0.3) is 0 Å². The molecule has 0 N–H and O–H groups in total. The van der Waals surface area contributed by atoms with Crippen LogP contribution in [0.2, 0.25) is 0 Å². The fraction of sp³-hybridized carbons (Fsp3) is 0.538. The smallest absolute Gasteiger partial charge is 0.207 e. The van der Waals surface area contributed by atoms with Gasteiger partial charge in [-0.3, -0.25) is 0 Å². The first-order valence-corrected chi connectivity index (χ1v) is 8.42. The van der Waals surface area contributed by atoms with E-state index in [0.717, 1.165) is 17.3 Å². The van der Waals surface area contributed by atoms with Crippen LogP contribution in [0, 0.1) is 5.92 Å². The lowest BCUT2D eigenvalue weighted by molar-refractivity contribution is 0.360. The molecule has 0 heterocycles. The van der Waals surface area contributed by atoms with Crippen molar-refractivity contribution in [1.82, 2.24) is 4.31 Å². The van der Waals surface area contributed by atoms with E-state index >= 15 is 0 Å². The molecule has 100 valence electrons. The van der Waals surface area contributed by atoms with Crippen molar-refractivity contribution in [3.05, 3.63) is 28.7 Å². The van der Waals surface area contributed by atoms with Crippen molar-refractivity contribution in [2.24, 2.45) is 5.92 Å². The highest BCUT2D eigenvalue weighted by molar-refractivity contribution is 9.10. The zero-order valence-corrected chi connectivity index (χ0v) is 13.0. The zero-order valence-electron chi connectivity index (χ0n) is 10.6. The molecule has 2 rings (SSSR count). The molecule has 1 fully saturated rings. The van der Waals surface area contributed by atoms with Crippen molar-refractivity contribution >= 4 is 26.0 Å². The van der Waals surface area contributed by atoms with E-state index in [-0.39, 0.29) is 6.04 Å². The Balaban J connectivity index is 2.29. The number of sulfonamides is 1. The highest BCUT2D eigenvalue weighted by Gasteiger charge is 2.38. The maximum atomic E-state index is 12.6. The van der Waals surface area contributed by atoms with Crippen molar-refractivity contribution < 1.29 is 8.42 Å². The maximum Gasteiger partial charge on any atom is 0.243 e. The standard InChI is InChI=1S/C13H18BrNO2S/c1-10(2)9-15(12-5-6-12)18(16,17)13-7-3-11(14)4-8-13/h3-4,7-8,10,12H,5-6,9H2,1-2H3. The molecule has 0 bridgehead atoms. The fourth-order valence-electron chi connectivity index (χ4n) is 1.91. The normalized spacial score (nSPS) is 16.5. The van der Waals surface area contributed by atoms with E-state index in [9.17, 15) is 8.42 Å². The zero-order chi connectivity index (χ0) is 13.3. The molecule has 0 aromatic heterocycles. The minimum atomic E-state index is -3.34. The van der Waals surface area contributed by atoms with E-state index in [1.54, 1.807) is 28.6 Å². The number of halogens is 1. The molecule has 3 nitrogen and oxygen atoms in total. The van der Waals surface area contributed by atoms with Gasteiger partial charge in [0.2, 0.25) is 10.0 Å². The van der Waals surface area contributed by atoms with Crippen LogP contribution < -0.4 is 0 Å². The van der Waals surface area contributed by atoms with E-state index in [2.05, 4.69) is 15.9 Å². The monoisotopic (exact) mass is 331 g/mol. The molecule has 0 atom stereocenters. The third-order valence-electron chi connectivity index (χ3n) is 2.92. The van der Waals surface area contributed by atoms with Gasteiger partial charge in [-0.1, -0.05) is 29.8 Å². The van der Waals surface area contributed by atoms with Crippen LogP contribution in [-0.2, 0) is 10.0 Å². The number of rotatable bonds is 5. The molecular weight excluding hydrogens is 314 g/mol. The second-order valence-electron chi connectivity index (χ2n) is 5.15. The molecule has 0 aliphatic heterocycles. The molecule has 5 heteroatoms. The van der Waals surface area contributed by atoms with Gasteiger partial charge in [-0.2, -0.15) is 4.31 Å². The highest BCUT2D eigenvalue weighted by Crippen LogP contribution is 2.32. The van der Waals surface area contributed by atoms with Crippen molar-refractivity contribution in [3.8, 4) is 0 Å². The first-order chi connectivity index (χ1) is 8.41. The average Bonchev–Trinajstić information content (AvgIpc) is 3.10. The first kappa shape index (κ1) is 14.0. The van der Waals surface area contributed by atoms with Gasteiger partial charge in [-0.25, -0.2) is 8.42 Å². The molecular formula is C13H18BrNO2S. The van der Waals surface area contributed by atoms with Crippen molar-refractivity contribution in [2.75, 3.05) is 6.54 Å². The van der Waals surface area contributed by atoms with Gasteiger partial charge in [0, 0.05) is 17.1 Å². The summed E-state index contributed by atoms with van der Waals surface area (Å²) < 4.78 is 27.7. The summed E-state index contributed by atoms with van der Waals surface area (Å²) in [5.41, 5.74) is 0. The van der Waals surface area contributed by atoms with E-state index in [0.29, 0.717) is 17.4 Å². The lowest BCUT2D eigenvalue weighted by Gasteiger charge is -2.23. The maximum absolute atomic E-state index is 12.6. The van der Waals surface area contributed by atoms with Gasteiger partial charge in [0.1, 0.15) is 0 Å². The number of hydrogen-bond acceptors (Lipinski definition) is 2. The predicted molar refractivity (Wildman–Crippen MR) is 75.9 cm³/mol. The minimum absolute atomic E-state index is 0.209. The van der Waals surface area contributed by atoms with Crippen LogP contribution in [0.4, 0.5) is 0 Å². The van der Waals surface area contributed by atoms with Gasteiger partial charge < -0.3 is 0 Å². The second kappa shape index (κ2) is 5.31. The molecule has 1 aliphatic rings. The number of nitrogens with zero attached hydrogens (tertiary/aromatic N) is 1. The molecule has 1 aromatic rings. The summed E-state index contributed by atoms with van der Waals surface area (Å²) in [4.78, 5) is 0.387. The Morgan fingerprint density at radius 2 is 1.83 bits per heavy atom. The molecule has 1 saturated carbocycles. The van der Waals surface area contributed by atoms with Gasteiger partial charge in [-0.15, -0.1) is 0 Å². The Hall–Kier alpha value is -0.390. The summed E-state index contributed by atoms with van der Waals surface area (Å²) in [7, 11) is -3.34. The van der Waals surface area contributed by atoms with E-state index in [1.807, 2.05) is 13.8 Å². The number of hydrogen-bond donors (Lipinski definition) is 0. The first-order valence-electron chi connectivity index (χ1n) is 6.18. The second-order valence-corrected chi connectivity index (χ2v) is 7.96. The summed E-state index contributed by atoms with van der Waals surface area (Å²) >= 11 is 3.32. The summed E-state index contributed by atoms with van der Waals surface area (Å²) in [6, 6.07) is 7.08. The Labute approximate surface area is 117 Å². The molecule has 0 saturated heterocycles. The van der Waals surface area contributed by atoms with Crippen LogP contribution in [0.5, 0.6) is 0 Å². The Morgan fingerprint density at radius 1 is 1.28 bits per heavy atom. The van der Waals surface area contributed by atoms with E-state index in [1.165, 1.54) is 0 Å². The van der Waals surface area contributed by atoms with Crippen LogP contribution in [0.15, 0.2) is 33.6 Å². The Morgan fingerprint density at radius 3 is 2.28 bits per heavy atom. The predicted octanol–water partition coefficient (Wildman–Crippen LogP) is 3.26. The molecule has 0 amide bonds. The van der Waals surface area contributed by atoms with E-state index in [4.69, 9.17) is 0 Å². The van der Waals surface area contributed by atoms with Gasteiger partial charge in [-0.05, 0) is 43.0 Å².